The zero-order valence-electron chi connectivity index (χ0n) is 21.8. The molecule has 0 heterocycles. The van der Waals surface area contributed by atoms with Gasteiger partial charge in [-0.2, -0.15) is 0 Å². The minimum absolute atomic E-state index is 0.175. The number of likely N-dealkylation sites (N-methyl/N-ethyl adjacent to an activating group) is 1. The van der Waals surface area contributed by atoms with Crippen LogP contribution in [0.25, 0.3) is 11.1 Å². The summed E-state index contributed by atoms with van der Waals surface area (Å²) >= 11 is 0. The van der Waals surface area contributed by atoms with Crippen LogP contribution in [0.15, 0.2) is 138 Å². The number of nitrogens with zero attached hydrogens (tertiary/aromatic N) is 1. The molecule has 37 heavy (non-hydrogen) atoms. The summed E-state index contributed by atoms with van der Waals surface area (Å²) in [5.41, 5.74) is 10.8. The van der Waals surface area contributed by atoms with E-state index in [1.165, 1.54) is 56.9 Å². The van der Waals surface area contributed by atoms with Crippen LogP contribution < -0.4 is 0 Å². The highest BCUT2D eigenvalue weighted by Crippen LogP contribution is 2.65. The van der Waals surface area contributed by atoms with Gasteiger partial charge in [-0.25, -0.2) is 0 Å². The Hall–Kier alpha value is -3.81. The second-order valence-electron chi connectivity index (χ2n) is 10.6. The van der Waals surface area contributed by atoms with E-state index in [9.17, 15) is 0 Å². The molecule has 184 valence electrons. The minimum atomic E-state index is -0.175. The Morgan fingerprint density at radius 1 is 0.811 bits per heavy atom. The molecule has 0 N–H and O–H groups in total. The molecule has 6 rings (SSSR count). The Balaban J connectivity index is 1.74. The maximum absolute atomic E-state index is 2.54. The van der Waals surface area contributed by atoms with Gasteiger partial charge in [0.05, 0.1) is 0 Å². The molecule has 1 spiro atoms. The van der Waals surface area contributed by atoms with Crippen LogP contribution in [0.2, 0.25) is 0 Å². The molecule has 0 aromatic heterocycles. The van der Waals surface area contributed by atoms with Crippen LogP contribution in [-0.2, 0) is 0 Å². The summed E-state index contributed by atoms with van der Waals surface area (Å²) in [6.45, 7) is 0.926. The van der Waals surface area contributed by atoms with Gasteiger partial charge in [0.25, 0.3) is 0 Å². The van der Waals surface area contributed by atoms with Gasteiger partial charge < -0.3 is 4.90 Å². The Labute approximate surface area is 221 Å². The highest BCUT2D eigenvalue weighted by Gasteiger charge is 2.46. The lowest BCUT2D eigenvalue weighted by atomic mass is 9.66. The van der Waals surface area contributed by atoms with E-state index in [0.717, 1.165) is 19.4 Å². The van der Waals surface area contributed by atoms with Crippen molar-refractivity contribution in [2.45, 2.75) is 19.3 Å². The second-order valence-corrected chi connectivity index (χ2v) is 10.6. The summed E-state index contributed by atoms with van der Waals surface area (Å²) < 4.78 is 0. The van der Waals surface area contributed by atoms with Gasteiger partial charge in [-0.05, 0) is 38.9 Å². The van der Waals surface area contributed by atoms with Crippen molar-refractivity contribution in [3.05, 3.63) is 161 Å². The quantitative estimate of drug-likeness (QED) is 0.262. The van der Waals surface area contributed by atoms with Gasteiger partial charge in [0.2, 0.25) is 0 Å². The van der Waals surface area contributed by atoms with Crippen LogP contribution in [0, 0.1) is 11.3 Å². The third-order valence-corrected chi connectivity index (χ3v) is 7.84. The molecule has 1 nitrogen and oxygen atoms in total. The van der Waals surface area contributed by atoms with Gasteiger partial charge in [-0.3, -0.25) is 0 Å². The summed E-state index contributed by atoms with van der Waals surface area (Å²) in [5, 5.41) is 0. The van der Waals surface area contributed by atoms with Crippen molar-refractivity contribution in [3.63, 3.8) is 0 Å². The average molecular weight is 481 g/mol. The molecular weight excluding hydrogens is 446 g/mol. The van der Waals surface area contributed by atoms with Crippen molar-refractivity contribution in [2.24, 2.45) is 5.41 Å². The normalized spacial score (nSPS) is 23.0. The van der Waals surface area contributed by atoms with Gasteiger partial charge in [-0.1, -0.05) is 149 Å². The fourth-order valence-electron chi connectivity index (χ4n) is 6.45. The topological polar surface area (TPSA) is 3.24 Å². The van der Waals surface area contributed by atoms with E-state index in [0.29, 0.717) is 0 Å². The van der Waals surface area contributed by atoms with Crippen LogP contribution >= 0.6 is 0 Å². The molecule has 3 aromatic carbocycles. The largest absolute Gasteiger partial charge is 0.306 e. The first-order valence-electron chi connectivity index (χ1n) is 13.4. The zero-order chi connectivity index (χ0) is 25.2. The van der Waals surface area contributed by atoms with Crippen molar-refractivity contribution in [1.82, 2.24) is 4.90 Å². The molecule has 0 saturated heterocycles. The molecule has 0 radical (unpaired) electrons. The fraction of sp³-hybridized carbons (Fsp3) is 0.194. The summed E-state index contributed by atoms with van der Waals surface area (Å²) in [4.78, 5) is 2.28. The Morgan fingerprint density at radius 2 is 1.46 bits per heavy atom. The predicted molar refractivity (Wildman–Crippen MR) is 157 cm³/mol. The van der Waals surface area contributed by atoms with Crippen molar-refractivity contribution in [2.75, 3.05) is 20.6 Å². The van der Waals surface area contributed by atoms with Gasteiger partial charge in [0, 0.05) is 12.0 Å². The summed E-state index contributed by atoms with van der Waals surface area (Å²) in [6.07, 6.45) is 15.3. The molecule has 0 aliphatic heterocycles. The van der Waals surface area contributed by atoms with E-state index in [2.05, 4.69) is 140 Å². The molecule has 0 amide bonds. The second kappa shape index (κ2) is 9.92. The lowest BCUT2D eigenvalue weighted by molar-refractivity contribution is 0.446. The zero-order valence-corrected chi connectivity index (χ0v) is 21.8. The number of benzene rings is 3. The maximum Gasteiger partial charge on any atom is 0.0175 e. The highest BCUT2D eigenvalue weighted by molar-refractivity contribution is 6.10. The van der Waals surface area contributed by atoms with Crippen molar-refractivity contribution in [3.8, 4) is 0 Å². The Morgan fingerprint density at radius 3 is 2.08 bits per heavy atom. The van der Waals surface area contributed by atoms with Gasteiger partial charge in [-0.15, -0.1) is 17.7 Å². The van der Waals surface area contributed by atoms with E-state index in [1.54, 1.807) is 0 Å². The van der Waals surface area contributed by atoms with Gasteiger partial charge in [0.15, 0.2) is 0 Å². The Bertz CT molecular complexity index is 1420. The van der Waals surface area contributed by atoms with Crippen molar-refractivity contribution < 1.29 is 0 Å². The van der Waals surface area contributed by atoms with E-state index in [4.69, 9.17) is 0 Å². The lowest BCUT2D eigenvalue weighted by Crippen LogP contribution is -2.26. The van der Waals surface area contributed by atoms with Crippen LogP contribution in [0.3, 0.4) is 0 Å². The molecule has 3 aromatic rings. The lowest BCUT2D eigenvalue weighted by Gasteiger charge is -2.40. The molecule has 0 bridgehead atoms. The summed E-state index contributed by atoms with van der Waals surface area (Å²) in [6, 6.07) is 33.2. The summed E-state index contributed by atoms with van der Waals surface area (Å²) in [7, 11) is 4.33. The number of rotatable bonds is 5. The van der Waals surface area contributed by atoms with Gasteiger partial charge >= 0.3 is 0 Å². The molecule has 1 atom stereocenters. The highest BCUT2D eigenvalue weighted by atomic mass is 15.0. The molecule has 1 unspecified atom stereocenters. The molecule has 1 heteroatoms. The van der Waals surface area contributed by atoms with E-state index < -0.39 is 0 Å². The molecule has 0 fully saturated rings. The van der Waals surface area contributed by atoms with E-state index in [1.807, 2.05) is 0 Å². The molecule has 3 aliphatic rings. The van der Waals surface area contributed by atoms with E-state index in [-0.39, 0.29) is 5.41 Å². The first-order chi connectivity index (χ1) is 18.2. The van der Waals surface area contributed by atoms with E-state index >= 15 is 0 Å². The third kappa shape index (κ3) is 4.14. The predicted octanol–water partition coefficient (Wildman–Crippen LogP) is 8.31. The number of allylic oxidation sites excluding steroid dienone is 8. The number of hydrogen-bond donors (Lipinski definition) is 0. The molecule has 3 aliphatic carbocycles. The molecular formula is C36H34N-. The van der Waals surface area contributed by atoms with Crippen LogP contribution in [0.4, 0.5) is 0 Å². The standard InChI is InChI=1S/C36H34N/c1-37(2)26-30-22-15-23-31(30)35-33(28-18-9-4-10-19-28)32(27-16-7-3-8-17-27)34(29-20-11-5-12-21-29)36(35)24-13-6-14-25-36/h3-5,7-13,15-24H,6,14,25-26H2,1-2H3/q-1/b35-31+. The molecule has 0 saturated carbocycles. The van der Waals surface area contributed by atoms with Crippen LogP contribution in [0.5, 0.6) is 0 Å². The first kappa shape index (κ1) is 23.6. The average Bonchev–Trinajstić information content (AvgIpc) is 3.49. The third-order valence-electron chi connectivity index (χ3n) is 7.84. The monoisotopic (exact) mass is 480 g/mol. The maximum atomic E-state index is 2.54. The number of hydrogen-bond acceptors (Lipinski definition) is 1. The SMILES string of the molecule is CN(C)CC1=CC=C/C1=C1/[C-](c2ccccc2)C(c2ccccc2)=C(c2ccccc2)C12C=CCCC2. The van der Waals surface area contributed by atoms with Crippen LogP contribution in [0.1, 0.15) is 36.0 Å². The Kier molecular flexibility index (Phi) is 6.32. The first-order valence-corrected chi connectivity index (χ1v) is 13.4. The van der Waals surface area contributed by atoms with Crippen molar-refractivity contribution >= 4 is 11.1 Å². The van der Waals surface area contributed by atoms with Crippen LogP contribution in [-0.4, -0.2) is 25.5 Å². The fourth-order valence-corrected chi connectivity index (χ4v) is 6.45. The van der Waals surface area contributed by atoms with Crippen molar-refractivity contribution in [1.29, 1.82) is 0 Å². The summed E-state index contributed by atoms with van der Waals surface area (Å²) in [5.74, 6) is 1.38. The van der Waals surface area contributed by atoms with Gasteiger partial charge in [0.1, 0.15) is 0 Å². The smallest absolute Gasteiger partial charge is 0.0175 e. The minimum Gasteiger partial charge on any atom is -0.306 e.